The molecule has 0 aliphatic carbocycles. The van der Waals surface area contributed by atoms with E-state index in [1.807, 2.05) is 0 Å². The van der Waals surface area contributed by atoms with Gasteiger partial charge >= 0.3 is 6.18 Å². The largest absolute Gasteiger partial charge is 0.467 e. The number of ether oxygens (including phenoxy) is 1. The van der Waals surface area contributed by atoms with Gasteiger partial charge in [-0.3, -0.25) is 9.59 Å². The van der Waals surface area contributed by atoms with Gasteiger partial charge in [0.2, 0.25) is 5.91 Å². The minimum absolute atomic E-state index is 0.0630. The van der Waals surface area contributed by atoms with Crippen molar-refractivity contribution in [2.75, 3.05) is 13.2 Å². The van der Waals surface area contributed by atoms with Crippen molar-refractivity contribution in [3.63, 3.8) is 0 Å². The zero-order chi connectivity index (χ0) is 19.0. The molecule has 1 aromatic carbocycles. The lowest BCUT2D eigenvalue weighted by Gasteiger charge is -2.09. The summed E-state index contributed by atoms with van der Waals surface area (Å²) in [5, 5.41) is 5.12. The number of furan rings is 1. The fourth-order valence-electron chi connectivity index (χ4n) is 2.02. The van der Waals surface area contributed by atoms with E-state index in [-0.39, 0.29) is 19.0 Å². The third kappa shape index (κ3) is 6.98. The normalized spacial score (nSPS) is 11.2. The number of benzene rings is 1. The quantitative estimate of drug-likeness (QED) is 0.748. The number of carbonyl (C=O) groups excluding carboxylic acids is 2. The first kappa shape index (κ1) is 19.5. The summed E-state index contributed by atoms with van der Waals surface area (Å²) in [4.78, 5) is 23.6. The molecular weight excluding hydrogens is 353 g/mol. The summed E-state index contributed by atoms with van der Waals surface area (Å²) >= 11 is 0. The summed E-state index contributed by atoms with van der Waals surface area (Å²) in [7, 11) is 0. The van der Waals surface area contributed by atoms with Crippen molar-refractivity contribution in [2.45, 2.75) is 19.3 Å². The van der Waals surface area contributed by atoms with Crippen LogP contribution in [0.3, 0.4) is 0 Å². The Morgan fingerprint density at radius 2 is 1.88 bits per heavy atom. The molecule has 0 saturated heterocycles. The fraction of sp³-hybridized carbons (Fsp3) is 0.294. The molecule has 140 valence electrons. The van der Waals surface area contributed by atoms with Crippen LogP contribution in [0.1, 0.15) is 21.7 Å². The van der Waals surface area contributed by atoms with Crippen molar-refractivity contribution in [1.82, 2.24) is 10.6 Å². The standard InChI is InChI=1S/C17H17F3N2O4/c18-17(19,20)11-25-10-15(23)21-8-12-3-1-4-13(7-12)16(24)22-9-14-5-2-6-26-14/h1-7H,8-11H2,(H,21,23)(H,22,24). The van der Waals surface area contributed by atoms with Crippen LogP contribution in [0.2, 0.25) is 0 Å². The highest BCUT2D eigenvalue weighted by Gasteiger charge is 2.27. The number of nitrogens with one attached hydrogen (secondary N) is 2. The van der Waals surface area contributed by atoms with Crippen LogP contribution in [0.25, 0.3) is 0 Å². The van der Waals surface area contributed by atoms with Crippen molar-refractivity contribution < 1.29 is 31.9 Å². The lowest BCUT2D eigenvalue weighted by atomic mass is 10.1. The van der Waals surface area contributed by atoms with Gasteiger partial charge in [0.05, 0.1) is 12.8 Å². The minimum atomic E-state index is -4.47. The predicted octanol–water partition coefficient (Wildman–Crippen LogP) is 2.40. The van der Waals surface area contributed by atoms with E-state index >= 15 is 0 Å². The number of halogens is 3. The number of alkyl halides is 3. The highest BCUT2D eigenvalue weighted by molar-refractivity contribution is 5.94. The zero-order valence-electron chi connectivity index (χ0n) is 13.6. The van der Waals surface area contributed by atoms with E-state index in [0.29, 0.717) is 16.9 Å². The number of hydrogen-bond acceptors (Lipinski definition) is 4. The van der Waals surface area contributed by atoms with Crippen molar-refractivity contribution >= 4 is 11.8 Å². The summed E-state index contributed by atoms with van der Waals surface area (Å²) in [5.41, 5.74) is 1.01. The molecule has 0 bridgehead atoms. The first-order valence-electron chi connectivity index (χ1n) is 7.64. The van der Waals surface area contributed by atoms with Crippen LogP contribution in [0.15, 0.2) is 47.1 Å². The Bertz CT molecular complexity index is 730. The van der Waals surface area contributed by atoms with Gasteiger partial charge in [0, 0.05) is 12.1 Å². The molecule has 0 radical (unpaired) electrons. The van der Waals surface area contributed by atoms with Gasteiger partial charge in [-0.1, -0.05) is 12.1 Å². The fourth-order valence-corrected chi connectivity index (χ4v) is 2.02. The first-order valence-corrected chi connectivity index (χ1v) is 7.64. The molecule has 0 unspecified atom stereocenters. The molecular formula is C17H17F3N2O4. The second-order valence-electron chi connectivity index (χ2n) is 5.35. The maximum atomic E-state index is 12.1. The Hall–Kier alpha value is -2.81. The summed E-state index contributed by atoms with van der Waals surface area (Å²) in [5.74, 6) is -0.384. The second kappa shape index (κ2) is 9.04. The van der Waals surface area contributed by atoms with Gasteiger partial charge in [-0.15, -0.1) is 0 Å². The van der Waals surface area contributed by atoms with E-state index < -0.39 is 25.3 Å². The number of rotatable bonds is 8. The van der Waals surface area contributed by atoms with Crippen LogP contribution in [-0.4, -0.2) is 31.2 Å². The van der Waals surface area contributed by atoms with Crippen LogP contribution in [0.4, 0.5) is 13.2 Å². The van der Waals surface area contributed by atoms with Gasteiger partial charge in [-0.25, -0.2) is 0 Å². The van der Waals surface area contributed by atoms with E-state index in [1.165, 1.54) is 6.26 Å². The molecule has 26 heavy (non-hydrogen) atoms. The zero-order valence-corrected chi connectivity index (χ0v) is 13.6. The molecule has 0 atom stereocenters. The molecule has 6 nitrogen and oxygen atoms in total. The Labute approximate surface area is 147 Å². The van der Waals surface area contributed by atoms with E-state index in [9.17, 15) is 22.8 Å². The third-order valence-electron chi connectivity index (χ3n) is 3.18. The molecule has 2 amide bonds. The van der Waals surface area contributed by atoms with Gasteiger partial charge in [0.1, 0.15) is 19.0 Å². The van der Waals surface area contributed by atoms with Gasteiger partial charge in [-0.05, 0) is 29.8 Å². The van der Waals surface area contributed by atoms with Crippen molar-refractivity contribution in [3.8, 4) is 0 Å². The van der Waals surface area contributed by atoms with Crippen LogP contribution < -0.4 is 10.6 Å². The molecule has 0 fully saturated rings. The maximum Gasteiger partial charge on any atom is 0.411 e. The third-order valence-corrected chi connectivity index (χ3v) is 3.18. The lowest BCUT2D eigenvalue weighted by molar-refractivity contribution is -0.175. The van der Waals surface area contributed by atoms with Gasteiger partial charge in [0.15, 0.2) is 0 Å². The molecule has 0 aliphatic rings. The Morgan fingerprint density at radius 3 is 2.58 bits per heavy atom. The minimum Gasteiger partial charge on any atom is -0.467 e. The summed E-state index contributed by atoms with van der Waals surface area (Å²) in [6.45, 7) is -1.87. The average Bonchev–Trinajstić information content (AvgIpc) is 3.10. The van der Waals surface area contributed by atoms with E-state index in [1.54, 1.807) is 36.4 Å². The van der Waals surface area contributed by atoms with Crippen molar-refractivity contribution in [3.05, 3.63) is 59.5 Å². The molecule has 1 heterocycles. The topological polar surface area (TPSA) is 80.6 Å². The molecule has 2 N–H and O–H groups in total. The van der Waals surface area contributed by atoms with E-state index in [4.69, 9.17) is 4.42 Å². The number of amides is 2. The van der Waals surface area contributed by atoms with Crippen LogP contribution >= 0.6 is 0 Å². The molecule has 2 rings (SSSR count). The van der Waals surface area contributed by atoms with Crippen molar-refractivity contribution in [2.24, 2.45) is 0 Å². The Balaban J connectivity index is 1.79. The maximum absolute atomic E-state index is 12.1. The first-order chi connectivity index (χ1) is 12.3. The SMILES string of the molecule is O=C(COCC(F)(F)F)NCc1cccc(C(=O)NCc2ccco2)c1. The highest BCUT2D eigenvalue weighted by Crippen LogP contribution is 2.14. The number of hydrogen-bond donors (Lipinski definition) is 2. The molecule has 2 aromatic rings. The van der Waals surface area contributed by atoms with Gasteiger partial charge < -0.3 is 19.8 Å². The second-order valence-corrected chi connectivity index (χ2v) is 5.35. The molecule has 0 saturated carbocycles. The lowest BCUT2D eigenvalue weighted by Crippen LogP contribution is -2.29. The predicted molar refractivity (Wildman–Crippen MR) is 85.0 cm³/mol. The summed E-state index contributed by atoms with van der Waals surface area (Å²) in [6, 6.07) is 9.95. The van der Waals surface area contributed by atoms with Crippen LogP contribution in [0, 0.1) is 0 Å². The van der Waals surface area contributed by atoms with Gasteiger partial charge in [-0.2, -0.15) is 13.2 Å². The van der Waals surface area contributed by atoms with Crippen LogP contribution in [-0.2, 0) is 22.6 Å². The summed E-state index contributed by atoms with van der Waals surface area (Å²) < 4.78 is 45.2. The number of carbonyl (C=O) groups is 2. The summed E-state index contributed by atoms with van der Waals surface area (Å²) in [6.07, 6.45) is -2.97. The van der Waals surface area contributed by atoms with Crippen LogP contribution in [0.5, 0.6) is 0 Å². The Morgan fingerprint density at radius 1 is 1.08 bits per heavy atom. The molecule has 0 aliphatic heterocycles. The monoisotopic (exact) mass is 370 g/mol. The van der Waals surface area contributed by atoms with E-state index in [0.717, 1.165) is 0 Å². The smallest absolute Gasteiger partial charge is 0.411 e. The highest BCUT2D eigenvalue weighted by atomic mass is 19.4. The molecule has 0 spiro atoms. The molecule has 1 aromatic heterocycles. The average molecular weight is 370 g/mol. The Kier molecular flexibility index (Phi) is 6.79. The van der Waals surface area contributed by atoms with Gasteiger partial charge in [0.25, 0.3) is 5.91 Å². The molecule has 9 heteroatoms. The van der Waals surface area contributed by atoms with E-state index in [2.05, 4.69) is 15.4 Å². The van der Waals surface area contributed by atoms with Crippen molar-refractivity contribution in [1.29, 1.82) is 0 Å².